The van der Waals surface area contributed by atoms with Crippen LogP contribution in [0, 0.1) is 11.6 Å². The van der Waals surface area contributed by atoms with Gasteiger partial charge in [-0.25, -0.2) is 13.6 Å². The highest BCUT2D eigenvalue weighted by Crippen LogP contribution is 2.54. The zero-order chi connectivity index (χ0) is 28.9. The Morgan fingerprint density at radius 3 is 2.41 bits per heavy atom. The van der Waals surface area contributed by atoms with E-state index >= 15 is 4.39 Å². The number of carbonyl (C=O) groups is 2. The molecule has 1 aliphatic heterocycles. The van der Waals surface area contributed by atoms with Crippen LogP contribution in [0.2, 0.25) is 0 Å². The minimum absolute atomic E-state index is 0.0225. The molecule has 2 unspecified atom stereocenters. The molecule has 3 N–H and O–H groups in total. The van der Waals surface area contributed by atoms with Crippen molar-refractivity contribution in [3.63, 3.8) is 0 Å². The first-order valence-electron chi connectivity index (χ1n) is 12.9. The summed E-state index contributed by atoms with van der Waals surface area (Å²) in [5, 5.41) is 1.88. The van der Waals surface area contributed by atoms with E-state index in [9.17, 15) is 27.2 Å². The smallest absolute Gasteiger partial charge is 0.405 e. The second kappa shape index (κ2) is 10.4. The lowest BCUT2D eigenvalue weighted by atomic mass is 9.86. The van der Waals surface area contributed by atoms with E-state index in [2.05, 4.69) is 0 Å². The van der Waals surface area contributed by atoms with E-state index in [0.717, 1.165) is 12.1 Å². The van der Waals surface area contributed by atoms with Crippen molar-refractivity contribution < 1.29 is 36.3 Å². The number of hydrogen-bond donors (Lipinski definition) is 2. The van der Waals surface area contributed by atoms with Gasteiger partial charge in [0.05, 0.1) is 17.8 Å². The third-order valence-corrected chi connectivity index (χ3v) is 6.90. The minimum Gasteiger partial charge on any atom is -0.456 e. The molecule has 0 saturated carbocycles. The first kappa shape index (κ1) is 28.8. The van der Waals surface area contributed by atoms with Gasteiger partial charge in [0.2, 0.25) is 5.91 Å². The van der Waals surface area contributed by atoms with E-state index in [4.69, 9.17) is 10.5 Å². The lowest BCUT2D eigenvalue weighted by Crippen LogP contribution is -2.54. The fourth-order valence-electron chi connectivity index (χ4n) is 5.17. The molecular formula is C28H32F5N3O3. The average Bonchev–Trinajstić information content (AvgIpc) is 3.13. The molecule has 0 radical (unpaired) electrons. The molecule has 1 heterocycles. The topological polar surface area (TPSA) is 84.7 Å². The molecule has 2 aromatic rings. The number of fused-ring (bicyclic) bond motifs is 3. The zero-order valence-corrected chi connectivity index (χ0v) is 22.3. The van der Waals surface area contributed by atoms with Gasteiger partial charge in [-0.15, -0.1) is 0 Å². The third kappa shape index (κ3) is 5.59. The molecule has 39 heavy (non-hydrogen) atoms. The van der Waals surface area contributed by atoms with E-state index in [1.807, 2.05) is 12.2 Å². The number of amides is 1. The standard InChI is InChI=1S/C28H32F5N3O3/c1-5-6-7-16-19-20(15-9-8-14(29)12-17(15)21(19)25(37)35-13-28(31,32)33)24(36-11-10-18(36)34)22(23(16)30)26(38)39-27(2,3)4/h8-9,12,18,21H,5-7,10-11,13,34H2,1-4H3,(H,35,37). The number of benzene rings is 2. The van der Waals surface area contributed by atoms with E-state index in [1.54, 1.807) is 25.7 Å². The Hall–Kier alpha value is -3.21. The molecule has 2 aliphatic rings. The van der Waals surface area contributed by atoms with Crippen LogP contribution in [0.4, 0.5) is 27.6 Å². The van der Waals surface area contributed by atoms with Crippen molar-refractivity contribution in [3.8, 4) is 11.1 Å². The largest absolute Gasteiger partial charge is 0.456 e. The van der Waals surface area contributed by atoms with Crippen molar-refractivity contribution in [3.05, 3.63) is 52.1 Å². The monoisotopic (exact) mass is 553 g/mol. The number of hydrogen-bond acceptors (Lipinski definition) is 5. The van der Waals surface area contributed by atoms with Crippen LogP contribution in [0.15, 0.2) is 18.2 Å². The number of alkyl halides is 3. The SMILES string of the molecule is CCCCc1c(F)c(C(=O)OC(C)(C)C)c(N2CCC2N)c2c1C(C(=O)NCC(F)(F)F)c1cc(F)ccc1-2. The van der Waals surface area contributed by atoms with Crippen LogP contribution in [-0.4, -0.2) is 42.9 Å². The number of nitrogens with two attached hydrogens (primary N) is 1. The van der Waals surface area contributed by atoms with Gasteiger partial charge in [0.25, 0.3) is 0 Å². The van der Waals surface area contributed by atoms with Crippen LogP contribution in [0.25, 0.3) is 11.1 Å². The number of rotatable bonds is 7. The lowest BCUT2D eigenvalue weighted by Gasteiger charge is -2.42. The molecular weight excluding hydrogens is 521 g/mol. The van der Waals surface area contributed by atoms with Gasteiger partial charge in [-0.3, -0.25) is 4.79 Å². The molecule has 1 fully saturated rings. The number of nitrogens with one attached hydrogen (secondary N) is 1. The molecule has 0 aromatic heterocycles. The van der Waals surface area contributed by atoms with Gasteiger partial charge in [0.1, 0.15) is 29.3 Å². The number of ether oxygens (including phenoxy) is 1. The summed E-state index contributed by atoms with van der Waals surface area (Å²) < 4.78 is 75.6. The van der Waals surface area contributed by atoms with Crippen LogP contribution < -0.4 is 16.0 Å². The minimum atomic E-state index is -4.69. The maximum Gasteiger partial charge on any atom is 0.405 e. The highest BCUT2D eigenvalue weighted by atomic mass is 19.4. The Labute approximate surface area is 223 Å². The molecule has 0 bridgehead atoms. The predicted molar refractivity (Wildman–Crippen MR) is 136 cm³/mol. The van der Waals surface area contributed by atoms with Gasteiger partial charge in [-0.2, -0.15) is 13.2 Å². The number of nitrogens with zero attached hydrogens (tertiary/aromatic N) is 1. The maximum atomic E-state index is 16.5. The van der Waals surface area contributed by atoms with Gasteiger partial charge in [0, 0.05) is 12.1 Å². The summed E-state index contributed by atoms with van der Waals surface area (Å²) in [6, 6.07) is 3.62. The molecule has 1 amide bonds. The van der Waals surface area contributed by atoms with Crippen molar-refractivity contribution in [2.45, 2.75) is 77.2 Å². The molecule has 4 rings (SSSR count). The molecule has 11 heteroatoms. The summed E-state index contributed by atoms with van der Waals surface area (Å²) >= 11 is 0. The fraction of sp³-hybridized carbons (Fsp3) is 0.500. The summed E-state index contributed by atoms with van der Waals surface area (Å²) in [6.07, 6.45) is -3.49. The van der Waals surface area contributed by atoms with Crippen molar-refractivity contribution in [1.82, 2.24) is 5.32 Å². The van der Waals surface area contributed by atoms with Crippen LogP contribution in [0.3, 0.4) is 0 Å². The van der Waals surface area contributed by atoms with Gasteiger partial charge in [-0.1, -0.05) is 19.4 Å². The first-order valence-corrected chi connectivity index (χ1v) is 12.9. The Kier molecular flexibility index (Phi) is 7.68. The number of esters is 1. The van der Waals surface area contributed by atoms with Gasteiger partial charge >= 0.3 is 12.1 Å². The maximum absolute atomic E-state index is 16.5. The Balaban J connectivity index is 2.06. The Morgan fingerprint density at radius 1 is 1.18 bits per heavy atom. The highest BCUT2D eigenvalue weighted by molar-refractivity contribution is 6.07. The van der Waals surface area contributed by atoms with Crippen molar-refractivity contribution in [2.75, 3.05) is 18.0 Å². The third-order valence-electron chi connectivity index (χ3n) is 6.90. The van der Waals surface area contributed by atoms with Crippen LogP contribution in [0.1, 0.15) is 79.9 Å². The average molecular weight is 554 g/mol. The van der Waals surface area contributed by atoms with Gasteiger partial charge in [0.15, 0.2) is 0 Å². The summed E-state index contributed by atoms with van der Waals surface area (Å²) in [4.78, 5) is 28.4. The molecule has 2 aromatic carbocycles. The Bertz CT molecular complexity index is 1300. The number of halogens is 5. The first-order chi connectivity index (χ1) is 18.1. The fourth-order valence-corrected chi connectivity index (χ4v) is 5.17. The summed E-state index contributed by atoms with van der Waals surface area (Å²) in [6.45, 7) is 5.57. The molecule has 1 saturated heterocycles. The lowest BCUT2D eigenvalue weighted by molar-refractivity contribution is -0.138. The number of anilines is 1. The number of carbonyl (C=O) groups excluding carboxylic acids is 2. The quantitative estimate of drug-likeness (QED) is 0.347. The molecule has 6 nitrogen and oxygen atoms in total. The van der Waals surface area contributed by atoms with E-state index in [0.29, 0.717) is 36.9 Å². The summed E-state index contributed by atoms with van der Waals surface area (Å²) in [5.41, 5.74) is 5.90. The van der Waals surface area contributed by atoms with Gasteiger partial charge in [-0.05, 0) is 74.4 Å². The van der Waals surface area contributed by atoms with Crippen molar-refractivity contribution in [1.29, 1.82) is 0 Å². The highest BCUT2D eigenvalue weighted by Gasteiger charge is 2.45. The molecule has 1 aliphatic carbocycles. The van der Waals surface area contributed by atoms with E-state index < -0.39 is 53.9 Å². The summed E-state index contributed by atoms with van der Waals surface area (Å²) in [7, 11) is 0. The van der Waals surface area contributed by atoms with Crippen molar-refractivity contribution >= 4 is 17.6 Å². The predicted octanol–water partition coefficient (Wildman–Crippen LogP) is 5.55. The van der Waals surface area contributed by atoms with Crippen molar-refractivity contribution in [2.24, 2.45) is 5.73 Å². The summed E-state index contributed by atoms with van der Waals surface area (Å²) in [5.74, 6) is -5.01. The van der Waals surface area contributed by atoms with Crippen LogP contribution in [-0.2, 0) is 16.0 Å². The van der Waals surface area contributed by atoms with E-state index in [-0.39, 0.29) is 34.4 Å². The molecule has 212 valence electrons. The molecule has 0 spiro atoms. The van der Waals surface area contributed by atoms with Crippen LogP contribution in [0.5, 0.6) is 0 Å². The molecule has 2 atom stereocenters. The second-order valence-corrected chi connectivity index (χ2v) is 11.0. The normalized spacial score (nSPS) is 18.4. The Morgan fingerprint density at radius 2 is 1.87 bits per heavy atom. The van der Waals surface area contributed by atoms with Crippen LogP contribution >= 0.6 is 0 Å². The number of unbranched alkanes of at least 4 members (excludes halogenated alkanes) is 1. The zero-order valence-electron chi connectivity index (χ0n) is 22.3. The second-order valence-electron chi connectivity index (χ2n) is 11.0. The van der Waals surface area contributed by atoms with Gasteiger partial charge < -0.3 is 20.7 Å². The van der Waals surface area contributed by atoms with E-state index in [1.165, 1.54) is 6.07 Å².